The van der Waals surface area contributed by atoms with Crippen molar-refractivity contribution in [1.29, 1.82) is 0 Å². The molecule has 124 valence electrons. The molecule has 0 spiro atoms. The molecule has 5 heteroatoms. The first-order valence-corrected chi connectivity index (χ1v) is 8.36. The van der Waals surface area contributed by atoms with Gasteiger partial charge in [-0.15, -0.1) is 0 Å². The van der Waals surface area contributed by atoms with Crippen LogP contribution in [0.2, 0.25) is 0 Å². The first-order chi connectivity index (χ1) is 10.8. The summed E-state index contributed by atoms with van der Waals surface area (Å²) in [7, 11) is 2.16. The van der Waals surface area contributed by atoms with Crippen molar-refractivity contribution < 1.29 is 0 Å². The van der Waals surface area contributed by atoms with Crippen molar-refractivity contribution in [1.82, 2.24) is 20.5 Å². The fourth-order valence-electron chi connectivity index (χ4n) is 2.07. The lowest BCUT2D eigenvalue weighted by molar-refractivity contribution is 0.337. The quantitative estimate of drug-likeness (QED) is 0.512. The fourth-order valence-corrected chi connectivity index (χ4v) is 2.07. The summed E-state index contributed by atoms with van der Waals surface area (Å²) < 4.78 is 0. The second-order valence-corrected chi connectivity index (χ2v) is 5.42. The molecule has 1 heterocycles. The van der Waals surface area contributed by atoms with Gasteiger partial charge in [-0.2, -0.15) is 0 Å². The van der Waals surface area contributed by atoms with Crippen LogP contribution in [0.15, 0.2) is 29.4 Å². The van der Waals surface area contributed by atoms with Crippen molar-refractivity contribution in [3.63, 3.8) is 0 Å². The van der Waals surface area contributed by atoms with E-state index in [4.69, 9.17) is 0 Å². The Morgan fingerprint density at radius 1 is 1.23 bits per heavy atom. The van der Waals surface area contributed by atoms with Gasteiger partial charge in [-0.05, 0) is 39.1 Å². The minimum Gasteiger partial charge on any atom is -0.357 e. The zero-order valence-corrected chi connectivity index (χ0v) is 14.3. The highest BCUT2D eigenvalue weighted by Gasteiger charge is 2.00. The number of aromatic nitrogens is 1. The molecule has 0 amide bonds. The molecule has 1 aromatic rings. The Hall–Kier alpha value is -1.62. The van der Waals surface area contributed by atoms with Gasteiger partial charge >= 0.3 is 0 Å². The van der Waals surface area contributed by atoms with Gasteiger partial charge in [-0.3, -0.25) is 9.98 Å². The molecule has 0 aromatic carbocycles. The zero-order valence-electron chi connectivity index (χ0n) is 14.3. The van der Waals surface area contributed by atoms with Gasteiger partial charge in [0.05, 0.1) is 6.54 Å². The number of nitrogens with one attached hydrogen (secondary N) is 2. The number of rotatable bonds is 10. The van der Waals surface area contributed by atoms with Gasteiger partial charge in [0, 0.05) is 37.9 Å². The maximum Gasteiger partial charge on any atom is 0.191 e. The Kier molecular flexibility index (Phi) is 10.0. The molecule has 0 saturated carbocycles. The number of pyridine rings is 1. The second-order valence-electron chi connectivity index (χ2n) is 5.42. The van der Waals surface area contributed by atoms with E-state index in [9.17, 15) is 0 Å². The van der Waals surface area contributed by atoms with Crippen molar-refractivity contribution in [2.24, 2.45) is 4.99 Å². The average Bonchev–Trinajstić information content (AvgIpc) is 2.54. The third-order valence-electron chi connectivity index (χ3n) is 3.39. The maximum absolute atomic E-state index is 4.63. The van der Waals surface area contributed by atoms with E-state index in [1.165, 1.54) is 12.8 Å². The Labute approximate surface area is 135 Å². The molecule has 0 aliphatic heterocycles. The standard InChI is InChI=1S/C17H31N5/c1-4-6-14-22(3)15-13-21-17(18-5-2)20-12-10-16-9-7-8-11-19-16/h7-9,11H,4-6,10,12-15H2,1-3H3,(H2,18,20,21). The van der Waals surface area contributed by atoms with Crippen LogP contribution in [0.25, 0.3) is 0 Å². The normalized spacial score (nSPS) is 11.7. The van der Waals surface area contributed by atoms with Gasteiger partial charge in [0.25, 0.3) is 0 Å². The number of hydrogen-bond acceptors (Lipinski definition) is 3. The molecular formula is C17H31N5. The van der Waals surface area contributed by atoms with Gasteiger partial charge < -0.3 is 15.5 Å². The Balaban J connectivity index is 2.29. The summed E-state index contributed by atoms with van der Waals surface area (Å²) >= 11 is 0. The molecule has 5 nitrogen and oxygen atoms in total. The molecular weight excluding hydrogens is 274 g/mol. The number of guanidine groups is 1. The summed E-state index contributed by atoms with van der Waals surface area (Å²) in [5, 5.41) is 6.65. The minimum atomic E-state index is 0.819. The van der Waals surface area contributed by atoms with Crippen LogP contribution >= 0.6 is 0 Å². The van der Waals surface area contributed by atoms with Gasteiger partial charge in [0.1, 0.15) is 0 Å². The molecule has 0 unspecified atom stereocenters. The maximum atomic E-state index is 4.63. The first-order valence-electron chi connectivity index (χ1n) is 8.36. The highest BCUT2D eigenvalue weighted by atomic mass is 15.2. The largest absolute Gasteiger partial charge is 0.357 e. The third kappa shape index (κ3) is 8.62. The van der Waals surface area contributed by atoms with E-state index in [-0.39, 0.29) is 0 Å². The highest BCUT2D eigenvalue weighted by Crippen LogP contribution is 1.93. The Morgan fingerprint density at radius 3 is 2.77 bits per heavy atom. The van der Waals surface area contributed by atoms with Crippen molar-refractivity contribution in [2.45, 2.75) is 33.1 Å². The smallest absolute Gasteiger partial charge is 0.191 e. The van der Waals surface area contributed by atoms with Crippen LogP contribution in [-0.2, 0) is 6.42 Å². The lowest BCUT2D eigenvalue weighted by atomic mass is 10.3. The first kappa shape index (κ1) is 18.4. The monoisotopic (exact) mass is 305 g/mol. The van der Waals surface area contributed by atoms with Crippen LogP contribution in [0.1, 0.15) is 32.4 Å². The number of aliphatic imine (C=N–C) groups is 1. The lowest BCUT2D eigenvalue weighted by Gasteiger charge is -2.15. The predicted molar refractivity (Wildman–Crippen MR) is 94.3 cm³/mol. The highest BCUT2D eigenvalue weighted by molar-refractivity contribution is 5.79. The summed E-state index contributed by atoms with van der Waals surface area (Å²) in [4.78, 5) is 11.3. The van der Waals surface area contributed by atoms with E-state index < -0.39 is 0 Å². The molecule has 0 aliphatic rings. The van der Waals surface area contributed by atoms with Gasteiger partial charge in [-0.25, -0.2) is 0 Å². The van der Waals surface area contributed by atoms with E-state index >= 15 is 0 Å². The molecule has 1 aromatic heterocycles. The average molecular weight is 305 g/mol. The van der Waals surface area contributed by atoms with Crippen LogP contribution in [0.5, 0.6) is 0 Å². The molecule has 1 rings (SSSR count). The molecule has 0 aliphatic carbocycles. The molecule has 0 atom stereocenters. The summed E-state index contributed by atoms with van der Waals surface area (Å²) in [5.41, 5.74) is 1.10. The topological polar surface area (TPSA) is 52.5 Å². The van der Waals surface area contributed by atoms with Crippen molar-refractivity contribution in [3.05, 3.63) is 30.1 Å². The molecule has 22 heavy (non-hydrogen) atoms. The second kappa shape index (κ2) is 12.0. The summed E-state index contributed by atoms with van der Waals surface area (Å²) in [6, 6.07) is 6.01. The van der Waals surface area contributed by atoms with Crippen molar-refractivity contribution in [2.75, 3.05) is 39.8 Å². The van der Waals surface area contributed by atoms with Crippen LogP contribution in [0.3, 0.4) is 0 Å². The summed E-state index contributed by atoms with van der Waals surface area (Å²) in [6.45, 7) is 8.99. The fraction of sp³-hybridized carbons (Fsp3) is 0.647. The number of unbranched alkanes of at least 4 members (excludes halogenated alkanes) is 1. The Morgan fingerprint density at radius 2 is 2.09 bits per heavy atom. The van der Waals surface area contributed by atoms with E-state index in [1.54, 1.807) is 0 Å². The van der Waals surface area contributed by atoms with E-state index in [0.717, 1.165) is 50.8 Å². The third-order valence-corrected chi connectivity index (χ3v) is 3.39. The van der Waals surface area contributed by atoms with Gasteiger partial charge in [0.2, 0.25) is 0 Å². The van der Waals surface area contributed by atoms with E-state index in [0.29, 0.717) is 0 Å². The minimum absolute atomic E-state index is 0.819. The van der Waals surface area contributed by atoms with Crippen molar-refractivity contribution >= 4 is 5.96 Å². The van der Waals surface area contributed by atoms with Crippen LogP contribution in [-0.4, -0.2) is 55.6 Å². The van der Waals surface area contributed by atoms with Gasteiger partial charge in [-0.1, -0.05) is 19.4 Å². The molecule has 0 radical (unpaired) electrons. The zero-order chi connectivity index (χ0) is 16.0. The number of nitrogens with zero attached hydrogens (tertiary/aromatic N) is 3. The molecule has 0 bridgehead atoms. The molecule has 0 saturated heterocycles. The predicted octanol–water partition coefficient (Wildman–Crippen LogP) is 1.91. The van der Waals surface area contributed by atoms with E-state index in [2.05, 4.69) is 52.5 Å². The van der Waals surface area contributed by atoms with Crippen LogP contribution in [0.4, 0.5) is 0 Å². The number of hydrogen-bond donors (Lipinski definition) is 2. The lowest BCUT2D eigenvalue weighted by Crippen LogP contribution is -2.39. The van der Waals surface area contributed by atoms with Gasteiger partial charge in [0.15, 0.2) is 5.96 Å². The number of likely N-dealkylation sites (N-methyl/N-ethyl adjacent to an activating group) is 1. The summed E-state index contributed by atoms with van der Waals surface area (Å²) in [6.07, 6.45) is 5.23. The molecule has 2 N–H and O–H groups in total. The van der Waals surface area contributed by atoms with Crippen molar-refractivity contribution in [3.8, 4) is 0 Å². The Bertz CT molecular complexity index is 405. The van der Waals surface area contributed by atoms with E-state index in [1.807, 2.05) is 18.3 Å². The summed E-state index contributed by atoms with van der Waals surface area (Å²) in [5.74, 6) is 0.891. The van der Waals surface area contributed by atoms with Crippen LogP contribution in [0, 0.1) is 0 Å². The van der Waals surface area contributed by atoms with Crippen LogP contribution < -0.4 is 10.6 Å². The SMILES string of the molecule is CCCCN(C)CCN=C(NCC)NCCc1ccccn1. The molecule has 0 fully saturated rings.